The van der Waals surface area contributed by atoms with Crippen LogP contribution < -0.4 is 16.0 Å². The number of nitrogens with one attached hydrogen (secondary N) is 3. The van der Waals surface area contributed by atoms with Gasteiger partial charge in [0.1, 0.15) is 0 Å². The molecule has 2 amide bonds. The van der Waals surface area contributed by atoms with E-state index in [2.05, 4.69) is 16.0 Å². The Morgan fingerprint density at radius 3 is 2.13 bits per heavy atom. The Hall–Kier alpha value is -2.82. The largest absolute Gasteiger partial charge is 0.376 e. The van der Waals surface area contributed by atoms with Gasteiger partial charge >= 0.3 is 0 Å². The molecule has 0 bridgehead atoms. The first-order valence-electron chi connectivity index (χ1n) is 7.54. The summed E-state index contributed by atoms with van der Waals surface area (Å²) >= 11 is 0. The number of carbonyl (C=O) groups excluding carboxylic acids is 2. The number of para-hydroxylation sites is 1. The lowest BCUT2D eigenvalue weighted by atomic mass is 10.2. The van der Waals surface area contributed by atoms with Crippen molar-refractivity contribution in [3.8, 4) is 0 Å². The molecule has 0 spiro atoms. The highest BCUT2D eigenvalue weighted by atomic mass is 16.2. The normalized spacial score (nSPS) is 10.2. The van der Waals surface area contributed by atoms with Crippen molar-refractivity contribution < 1.29 is 9.59 Å². The molecule has 0 aromatic heterocycles. The van der Waals surface area contributed by atoms with Crippen molar-refractivity contribution in [2.45, 2.75) is 13.8 Å². The highest BCUT2D eigenvalue weighted by Crippen LogP contribution is 2.16. The van der Waals surface area contributed by atoms with E-state index < -0.39 is 0 Å². The van der Waals surface area contributed by atoms with E-state index in [4.69, 9.17) is 0 Å². The molecule has 0 saturated carbocycles. The molecule has 0 unspecified atom stereocenters. The first-order chi connectivity index (χ1) is 11.0. The zero-order valence-corrected chi connectivity index (χ0v) is 13.3. The van der Waals surface area contributed by atoms with E-state index in [1.807, 2.05) is 44.2 Å². The van der Waals surface area contributed by atoms with Crippen molar-refractivity contribution in [2.75, 3.05) is 22.5 Å². The van der Waals surface area contributed by atoms with E-state index >= 15 is 0 Å². The van der Waals surface area contributed by atoms with Crippen LogP contribution in [0.5, 0.6) is 0 Å². The lowest BCUT2D eigenvalue weighted by Crippen LogP contribution is -2.22. The molecular weight excluding hydrogens is 290 g/mol. The molecule has 0 heterocycles. The van der Waals surface area contributed by atoms with Crippen LogP contribution in [0.1, 0.15) is 13.8 Å². The van der Waals surface area contributed by atoms with E-state index in [0.29, 0.717) is 11.4 Å². The van der Waals surface area contributed by atoms with Gasteiger partial charge in [0, 0.05) is 23.0 Å². The summed E-state index contributed by atoms with van der Waals surface area (Å²) in [5.41, 5.74) is 2.20. The minimum atomic E-state index is -0.152. The van der Waals surface area contributed by atoms with Crippen LogP contribution in [0.3, 0.4) is 0 Å². The number of hydrogen-bond donors (Lipinski definition) is 3. The number of anilines is 3. The Kier molecular flexibility index (Phi) is 5.74. The van der Waals surface area contributed by atoms with Gasteiger partial charge in [0.05, 0.1) is 6.54 Å². The number of benzene rings is 2. The number of hydrogen-bond acceptors (Lipinski definition) is 3. The second-order valence-electron chi connectivity index (χ2n) is 5.49. The Morgan fingerprint density at radius 1 is 0.870 bits per heavy atom. The van der Waals surface area contributed by atoms with Gasteiger partial charge in [0.25, 0.3) is 0 Å². The summed E-state index contributed by atoms with van der Waals surface area (Å²) in [6.45, 7) is 3.83. The van der Waals surface area contributed by atoms with Crippen LogP contribution in [0.15, 0.2) is 54.6 Å². The molecule has 3 N–H and O–H groups in total. The Morgan fingerprint density at radius 2 is 1.48 bits per heavy atom. The highest BCUT2D eigenvalue weighted by Gasteiger charge is 2.08. The van der Waals surface area contributed by atoms with Crippen molar-refractivity contribution in [3.63, 3.8) is 0 Å². The van der Waals surface area contributed by atoms with Crippen LogP contribution >= 0.6 is 0 Å². The van der Waals surface area contributed by atoms with E-state index in [1.165, 1.54) is 0 Å². The third-order valence-electron chi connectivity index (χ3n) is 3.17. The maximum Gasteiger partial charge on any atom is 0.243 e. The number of rotatable bonds is 6. The lowest BCUT2D eigenvalue weighted by Gasteiger charge is -2.11. The van der Waals surface area contributed by atoms with Gasteiger partial charge < -0.3 is 16.0 Å². The van der Waals surface area contributed by atoms with Crippen molar-refractivity contribution in [1.82, 2.24) is 0 Å². The van der Waals surface area contributed by atoms with Crippen LogP contribution in [-0.4, -0.2) is 18.4 Å². The minimum Gasteiger partial charge on any atom is -0.376 e. The van der Waals surface area contributed by atoms with Crippen LogP contribution in [0.2, 0.25) is 0 Å². The van der Waals surface area contributed by atoms with Crippen LogP contribution in [0.4, 0.5) is 17.1 Å². The third kappa shape index (κ3) is 5.47. The fourth-order valence-corrected chi connectivity index (χ4v) is 1.90. The monoisotopic (exact) mass is 311 g/mol. The predicted molar refractivity (Wildman–Crippen MR) is 93.5 cm³/mol. The van der Waals surface area contributed by atoms with Crippen molar-refractivity contribution >= 4 is 28.9 Å². The molecule has 5 nitrogen and oxygen atoms in total. The summed E-state index contributed by atoms with van der Waals surface area (Å²) in [7, 11) is 0. The quantitative estimate of drug-likeness (QED) is 0.766. The van der Waals surface area contributed by atoms with E-state index in [1.54, 1.807) is 24.3 Å². The van der Waals surface area contributed by atoms with Crippen molar-refractivity contribution in [1.29, 1.82) is 0 Å². The zero-order chi connectivity index (χ0) is 16.7. The van der Waals surface area contributed by atoms with Crippen LogP contribution in [-0.2, 0) is 9.59 Å². The first kappa shape index (κ1) is 16.5. The fraction of sp³-hybridized carbons (Fsp3) is 0.222. The molecule has 5 heteroatoms. The van der Waals surface area contributed by atoms with Gasteiger partial charge in [0.15, 0.2) is 0 Å². The Balaban J connectivity index is 1.89. The molecule has 23 heavy (non-hydrogen) atoms. The molecule has 2 rings (SSSR count). The third-order valence-corrected chi connectivity index (χ3v) is 3.17. The maximum absolute atomic E-state index is 12.0. The van der Waals surface area contributed by atoms with Crippen LogP contribution in [0, 0.1) is 5.92 Å². The molecule has 0 fully saturated rings. The summed E-state index contributed by atoms with van der Waals surface area (Å²) in [6, 6.07) is 16.6. The average molecular weight is 311 g/mol. The van der Waals surface area contributed by atoms with Gasteiger partial charge in [-0.3, -0.25) is 9.59 Å². The summed E-state index contributed by atoms with van der Waals surface area (Å²) in [5, 5.41) is 8.65. The van der Waals surface area contributed by atoms with Gasteiger partial charge in [-0.15, -0.1) is 0 Å². The first-order valence-corrected chi connectivity index (χ1v) is 7.54. The molecule has 0 saturated heterocycles. The Bertz CT molecular complexity index is 669. The standard InChI is InChI=1S/C18H21N3O2/c1-13(2)18(23)21-16-10-6-9-15(11-16)20-17(22)12-19-14-7-4-3-5-8-14/h3-11,13,19H,12H2,1-2H3,(H,20,22)(H,21,23). The molecule has 2 aromatic carbocycles. The summed E-state index contributed by atoms with van der Waals surface area (Å²) in [6.07, 6.45) is 0. The predicted octanol–water partition coefficient (Wildman–Crippen LogP) is 3.33. The van der Waals surface area contributed by atoms with Crippen molar-refractivity contribution in [2.24, 2.45) is 5.92 Å². The maximum atomic E-state index is 12.0. The Labute approximate surface area is 136 Å². The van der Waals surface area contributed by atoms with E-state index in [0.717, 1.165) is 5.69 Å². The topological polar surface area (TPSA) is 70.2 Å². The number of amides is 2. The smallest absolute Gasteiger partial charge is 0.243 e. The van der Waals surface area contributed by atoms with Crippen molar-refractivity contribution in [3.05, 3.63) is 54.6 Å². The molecule has 0 aliphatic rings. The number of carbonyl (C=O) groups is 2. The highest BCUT2D eigenvalue weighted by molar-refractivity contribution is 5.96. The summed E-state index contributed by atoms with van der Waals surface area (Å²) < 4.78 is 0. The SMILES string of the molecule is CC(C)C(=O)Nc1cccc(NC(=O)CNc2ccccc2)c1. The zero-order valence-electron chi connectivity index (χ0n) is 13.3. The van der Waals surface area contributed by atoms with Gasteiger partial charge in [-0.05, 0) is 30.3 Å². The minimum absolute atomic E-state index is 0.0563. The molecular formula is C18H21N3O2. The van der Waals surface area contributed by atoms with E-state index in [9.17, 15) is 9.59 Å². The van der Waals surface area contributed by atoms with Gasteiger partial charge in [-0.25, -0.2) is 0 Å². The molecule has 0 aliphatic carbocycles. The lowest BCUT2D eigenvalue weighted by molar-refractivity contribution is -0.119. The molecule has 0 atom stereocenters. The molecule has 2 aromatic rings. The second kappa shape index (κ2) is 7.98. The van der Waals surface area contributed by atoms with Crippen LogP contribution in [0.25, 0.3) is 0 Å². The van der Waals surface area contributed by atoms with Gasteiger partial charge in [-0.1, -0.05) is 38.1 Å². The van der Waals surface area contributed by atoms with Gasteiger partial charge in [0.2, 0.25) is 11.8 Å². The second-order valence-corrected chi connectivity index (χ2v) is 5.49. The molecule has 120 valence electrons. The summed E-state index contributed by atoms with van der Waals surface area (Å²) in [4.78, 5) is 23.7. The van der Waals surface area contributed by atoms with Gasteiger partial charge in [-0.2, -0.15) is 0 Å². The van der Waals surface area contributed by atoms with E-state index in [-0.39, 0.29) is 24.3 Å². The molecule has 0 radical (unpaired) electrons. The molecule has 0 aliphatic heterocycles. The summed E-state index contributed by atoms with van der Waals surface area (Å²) in [5.74, 6) is -0.302. The fourth-order valence-electron chi connectivity index (χ4n) is 1.90. The average Bonchev–Trinajstić information content (AvgIpc) is 2.54.